The molecule has 0 saturated heterocycles. The summed E-state index contributed by atoms with van der Waals surface area (Å²) in [6.45, 7) is 10.1. The molecule has 3 aliphatic rings. The van der Waals surface area contributed by atoms with Crippen molar-refractivity contribution in [1.82, 2.24) is 26.3 Å². The van der Waals surface area contributed by atoms with Crippen molar-refractivity contribution in [3.63, 3.8) is 0 Å². The molecule has 10 heteroatoms. The largest absolute Gasteiger partial charge is 0.481 e. The number of aliphatic carboxylic acids is 2. The van der Waals surface area contributed by atoms with Gasteiger partial charge in [-0.05, 0) is 50.7 Å². The van der Waals surface area contributed by atoms with E-state index in [2.05, 4.69) is 53.3 Å². The molecular weight excluding hydrogens is 729 g/mol. The van der Waals surface area contributed by atoms with Gasteiger partial charge in [0.15, 0.2) is 0 Å². The van der Waals surface area contributed by atoms with Gasteiger partial charge in [0.05, 0.1) is 17.3 Å². The number of carboxylic acids is 2. The van der Waals surface area contributed by atoms with Crippen molar-refractivity contribution in [2.45, 2.75) is 225 Å². The van der Waals surface area contributed by atoms with Crippen LogP contribution < -0.4 is 21.3 Å². The van der Waals surface area contributed by atoms with Gasteiger partial charge in [0.2, 0.25) is 0 Å². The molecule has 4 rings (SSSR count). The van der Waals surface area contributed by atoms with E-state index in [0.29, 0.717) is 30.6 Å². The van der Waals surface area contributed by atoms with Gasteiger partial charge in [0.1, 0.15) is 0 Å². The molecule has 1 radical (unpaired) electrons. The minimum absolute atomic E-state index is 0. The van der Waals surface area contributed by atoms with Crippen molar-refractivity contribution in [3.8, 4) is 0 Å². The van der Waals surface area contributed by atoms with E-state index < -0.39 is 11.9 Å². The topological polar surface area (TPSA) is 136 Å². The van der Waals surface area contributed by atoms with E-state index in [4.69, 9.17) is 15.2 Å². The molecule has 6 N–H and O–H groups in total. The quantitative estimate of drug-likeness (QED) is 0.0596. The van der Waals surface area contributed by atoms with Gasteiger partial charge in [-0.3, -0.25) is 14.6 Å². The van der Waals surface area contributed by atoms with E-state index in [-0.39, 0.29) is 23.0 Å². The molecule has 319 valence electrons. The minimum Gasteiger partial charge on any atom is -0.481 e. The summed E-state index contributed by atoms with van der Waals surface area (Å²) in [7, 11) is 0. The first-order valence-corrected chi connectivity index (χ1v) is 22.7. The second kappa shape index (κ2) is 34.5. The number of unbranched alkanes of at least 4 members (excludes halogenated alkanes) is 14. The fraction of sp³-hybridized carbons (Fsp3) is 0.844. The number of rotatable bonds is 19. The van der Waals surface area contributed by atoms with Crippen molar-refractivity contribution in [3.05, 3.63) is 29.6 Å². The summed E-state index contributed by atoms with van der Waals surface area (Å²) >= 11 is 0. The van der Waals surface area contributed by atoms with Crippen LogP contribution in [0.15, 0.2) is 18.2 Å². The second-order valence-electron chi connectivity index (χ2n) is 16.4. The zero-order valence-corrected chi connectivity index (χ0v) is 36.5. The van der Waals surface area contributed by atoms with E-state index in [1.54, 1.807) is 6.92 Å². The molecular formula is C45H83MnN5O4. The third kappa shape index (κ3) is 26.1. The molecule has 2 heterocycles. The van der Waals surface area contributed by atoms with Crippen LogP contribution in [-0.4, -0.2) is 64.4 Å². The van der Waals surface area contributed by atoms with E-state index in [1.165, 1.54) is 146 Å². The second-order valence-corrected chi connectivity index (χ2v) is 16.4. The van der Waals surface area contributed by atoms with E-state index in [9.17, 15) is 9.59 Å². The number of pyridine rings is 1. The van der Waals surface area contributed by atoms with Gasteiger partial charge in [-0.2, -0.15) is 0 Å². The first kappa shape index (κ1) is 51.5. The SMILES string of the molecule is CCCCCCCCCC(C)C(=O)O.CCCCCCCCCCCC(=O)O.[Mn].c1cc2nc(c1)CN[C@H]1CCCC[C@@H]1NCCN[C@H]1CCCC[C@@H]1NC2. The number of nitrogens with zero attached hydrogens (tertiary/aromatic N) is 1. The monoisotopic (exact) mass is 813 g/mol. The predicted octanol–water partition coefficient (Wildman–Crippen LogP) is 9.91. The maximum absolute atomic E-state index is 10.5. The van der Waals surface area contributed by atoms with E-state index >= 15 is 0 Å². The molecule has 2 fully saturated rings. The number of nitrogens with one attached hydrogen (secondary N) is 4. The van der Waals surface area contributed by atoms with Crippen molar-refractivity contribution >= 4 is 11.9 Å². The maximum atomic E-state index is 10.5. The van der Waals surface area contributed by atoms with Gasteiger partial charge >= 0.3 is 11.9 Å². The fourth-order valence-electron chi connectivity index (χ4n) is 8.07. The molecule has 0 amide bonds. The Morgan fingerprint density at radius 1 is 0.618 bits per heavy atom. The summed E-state index contributed by atoms with van der Waals surface area (Å²) < 4.78 is 0. The van der Waals surface area contributed by atoms with Crippen LogP contribution in [0.1, 0.15) is 199 Å². The van der Waals surface area contributed by atoms with Gasteiger partial charge in [0.25, 0.3) is 0 Å². The summed E-state index contributed by atoms with van der Waals surface area (Å²) in [5.74, 6) is -1.48. The Balaban J connectivity index is 0.000000449. The molecule has 2 aliphatic carbocycles. The molecule has 55 heavy (non-hydrogen) atoms. The Kier molecular flexibility index (Phi) is 32.3. The van der Waals surface area contributed by atoms with Crippen LogP contribution in [0.25, 0.3) is 0 Å². The van der Waals surface area contributed by atoms with E-state index in [0.717, 1.165) is 51.9 Å². The third-order valence-electron chi connectivity index (χ3n) is 11.6. The Labute approximate surface area is 347 Å². The Morgan fingerprint density at radius 3 is 1.40 bits per heavy atom. The van der Waals surface area contributed by atoms with Crippen molar-refractivity contribution in [1.29, 1.82) is 0 Å². The van der Waals surface area contributed by atoms with Crippen molar-refractivity contribution in [2.24, 2.45) is 5.92 Å². The van der Waals surface area contributed by atoms with Crippen LogP contribution in [0.4, 0.5) is 0 Å². The minimum atomic E-state index is -0.659. The predicted molar refractivity (Wildman–Crippen MR) is 225 cm³/mol. The average Bonchev–Trinajstić information content (AvgIpc) is 3.18. The number of aromatic nitrogens is 1. The van der Waals surface area contributed by atoms with Gasteiger partial charge in [0, 0.05) is 73.8 Å². The van der Waals surface area contributed by atoms with Crippen LogP contribution in [0.5, 0.6) is 0 Å². The summed E-state index contributed by atoms with van der Waals surface area (Å²) in [4.78, 5) is 25.6. The summed E-state index contributed by atoms with van der Waals surface area (Å²) in [5.41, 5.74) is 2.34. The van der Waals surface area contributed by atoms with Crippen LogP contribution in [0.2, 0.25) is 0 Å². The Hall–Kier alpha value is -1.55. The van der Waals surface area contributed by atoms with Gasteiger partial charge in [-0.25, -0.2) is 0 Å². The van der Waals surface area contributed by atoms with Crippen molar-refractivity contribution in [2.75, 3.05) is 13.1 Å². The number of hydrogen-bond donors (Lipinski definition) is 6. The maximum Gasteiger partial charge on any atom is 0.306 e. The normalized spacial score (nSPS) is 21.9. The van der Waals surface area contributed by atoms with Gasteiger partial charge in [-0.15, -0.1) is 0 Å². The summed E-state index contributed by atoms with van der Waals surface area (Å²) in [6.07, 6.45) is 31.7. The average molecular weight is 813 g/mol. The number of fused-ring (bicyclic) bond motifs is 4. The van der Waals surface area contributed by atoms with E-state index in [1.807, 2.05) is 0 Å². The Bertz CT molecular complexity index is 1040. The zero-order chi connectivity index (χ0) is 39.1. The fourth-order valence-corrected chi connectivity index (χ4v) is 8.07. The van der Waals surface area contributed by atoms with Crippen molar-refractivity contribution < 1.29 is 36.9 Å². The standard InChI is InChI=1S/C21H35N5.2C12H24O2.Mn/c1-3-10-20-18(8-1)22-12-13-23-19-9-2-4-11-21(19)25-15-17-7-5-6-16(26-17)14-24-20;1-3-4-5-6-7-8-9-10-11(2)12(13)14;1-2-3-4-5-6-7-8-9-10-11-12(13)14;/h5-7,18-25H,1-4,8-15H2;11H,3-10H2,1-2H3,(H,13,14);2-11H2,1H3,(H,13,14);/t18-,19-,20-,21-;;;/m0.../s1. The first-order chi connectivity index (χ1) is 26.3. The molecule has 2 saturated carbocycles. The Morgan fingerprint density at radius 2 is 1.00 bits per heavy atom. The molecule has 2 bridgehead atoms. The summed E-state index contributed by atoms with van der Waals surface area (Å²) in [5, 5.41) is 32.3. The van der Waals surface area contributed by atoms with Crippen LogP contribution in [0.3, 0.4) is 0 Å². The molecule has 0 aromatic carbocycles. The molecule has 1 unspecified atom stereocenters. The molecule has 1 aliphatic heterocycles. The zero-order valence-electron chi connectivity index (χ0n) is 35.4. The number of carboxylic acid groups (broad SMARTS) is 2. The molecule has 9 nitrogen and oxygen atoms in total. The van der Waals surface area contributed by atoms with Gasteiger partial charge in [-0.1, -0.05) is 149 Å². The van der Waals surface area contributed by atoms with Crippen LogP contribution >= 0.6 is 0 Å². The third-order valence-corrected chi connectivity index (χ3v) is 11.6. The summed E-state index contributed by atoms with van der Waals surface area (Å²) in [6, 6.07) is 8.81. The molecule has 1 aromatic heterocycles. The molecule has 1 aromatic rings. The number of hydrogen-bond acceptors (Lipinski definition) is 7. The number of carbonyl (C=O) groups is 2. The van der Waals surface area contributed by atoms with Crippen LogP contribution in [0, 0.1) is 5.92 Å². The first-order valence-electron chi connectivity index (χ1n) is 22.7. The molecule has 0 spiro atoms. The smallest absolute Gasteiger partial charge is 0.306 e. The molecule has 5 atom stereocenters. The van der Waals surface area contributed by atoms with Gasteiger partial charge < -0.3 is 31.5 Å². The van der Waals surface area contributed by atoms with Crippen LogP contribution in [-0.2, 0) is 39.7 Å².